The van der Waals surface area contributed by atoms with Crippen LogP contribution in [-0.2, 0) is 0 Å². The molecule has 9 heavy (non-hydrogen) atoms. The maximum absolute atomic E-state index is 8.84. The molecule has 56 valence electrons. The zero-order valence-corrected chi connectivity index (χ0v) is 5.59. The quantitative estimate of drug-likeness (QED) is 0.356. The molecular formula is C5H14N2O2. The second-order valence-corrected chi connectivity index (χ2v) is 1.89. The highest BCUT2D eigenvalue weighted by atomic mass is 16.5. The lowest BCUT2D eigenvalue weighted by Crippen LogP contribution is -2.46. The standard InChI is InChI=1S/C5H14N2O2/c1-2-5(8,9)7-4-3-6/h7-9H,2-4,6H2,1H3. The van der Waals surface area contributed by atoms with Crippen LogP contribution >= 0.6 is 0 Å². The summed E-state index contributed by atoms with van der Waals surface area (Å²) in [6, 6.07) is 0. The van der Waals surface area contributed by atoms with Crippen molar-refractivity contribution in [3.05, 3.63) is 0 Å². The number of aliphatic hydroxyl groups is 2. The summed E-state index contributed by atoms with van der Waals surface area (Å²) in [6.07, 6.45) is 0.257. The van der Waals surface area contributed by atoms with Crippen molar-refractivity contribution < 1.29 is 10.2 Å². The highest BCUT2D eigenvalue weighted by Crippen LogP contribution is 1.96. The third-order valence-electron chi connectivity index (χ3n) is 1.05. The normalized spacial score (nSPS) is 12.0. The third-order valence-corrected chi connectivity index (χ3v) is 1.05. The van der Waals surface area contributed by atoms with Gasteiger partial charge in [0.25, 0.3) is 0 Å². The van der Waals surface area contributed by atoms with Crippen LogP contribution in [0.4, 0.5) is 0 Å². The van der Waals surface area contributed by atoms with Gasteiger partial charge < -0.3 is 15.9 Å². The molecule has 0 aliphatic heterocycles. The van der Waals surface area contributed by atoms with Gasteiger partial charge in [0, 0.05) is 19.5 Å². The summed E-state index contributed by atoms with van der Waals surface area (Å²) < 4.78 is 0. The van der Waals surface area contributed by atoms with E-state index in [4.69, 9.17) is 15.9 Å². The molecular weight excluding hydrogens is 120 g/mol. The molecule has 0 aromatic heterocycles. The molecule has 0 aromatic rings. The second-order valence-electron chi connectivity index (χ2n) is 1.89. The highest BCUT2D eigenvalue weighted by Gasteiger charge is 2.17. The minimum Gasteiger partial charge on any atom is -0.353 e. The minimum absolute atomic E-state index is 0.257. The Morgan fingerprint density at radius 1 is 1.56 bits per heavy atom. The van der Waals surface area contributed by atoms with Gasteiger partial charge in [-0.05, 0) is 0 Å². The first-order chi connectivity index (χ1) is 4.12. The Kier molecular flexibility index (Phi) is 3.72. The summed E-state index contributed by atoms with van der Waals surface area (Å²) in [7, 11) is 0. The van der Waals surface area contributed by atoms with E-state index in [1.165, 1.54) is 0 Å². The lowest BCUT2D eigenvalue weighted by Gasteiger charge is -2.20. The Morgan fingerprint density at radius 3 is 2.44 bits per heavy atom. The van der Waals surface area contributed by atoms with E-state index in [0.717, 1.165) is 0 Å². The summed E-state index contributed by atoms with van der Waals surface area (Å²) in [5.74, 6) is -1.74. The second kappa shape index (κ2) is 3.79. The van der Waals surface area contributed by atoms with E-state index in [1.54, 1.807) is 6.92 Å². The van der Waals surface area contributed by atoms with Crippen molar-refractivity contribution in [3.8, 4) is 0 Å². The Labute approximate surface area is 54.7 Å². The first kappa shape index (κ1) is 8.84. The highest BCUT2D eigenvalue weighted by molar-refractivity contribution is 4.57. The van der Waals surface area contributed by atoms with Crippen LogP contribution in [0.2, 0.25) is 0 Å². The Bertz CT molecular complexity index is 75.4. The molecule has 0 aliphatic carbocycles. The molecule has 0 aliphatic rings. The number of nitrogens with two attached hydrogens (primary N) is 1. The molecule has 0 saturated carbocycles. The summed E-state index contributed by atoms with van der Waals surface area (Å²) in [5, 5.41) is 20.1. The lowest BCUT2D eigenvalue weighted by molar-refractivity contribution is -0.186. The Balaban J connectivity index is 3.33. The van der Waals surface area contributed by atoms with E-state index in [1.807, 2.05) is 0 Å². The van der Waals surface area contributed by atoms with E-state index in [9.17, 15) is 0 Å². The van der Waals surface area contributed by atoms with Gasteiger partial charge >= 0.3 is 0 Å². The van der Waals surface area contributed by atoms with Gasteiger partial charge in [-0.25, -0.2) is 0 Å². The fourth-order valence-corrected chi connectivity index (χ4v) is 0.397. The van der Waals surface area contributed by atoms with Crippen molar-refractivity contribution in [1.82, 2.24) is 5.32 Å². The van der Waals surface area contributed by atoms with Gasteiger partial charge in [-0.15, -0.1) is 0 Å². The number of hydrogen-bond donors (Lipinski definition) is 4. The van der Waals surface area contributed by atoms with E-state index in [0.29, 0.717) is 13.1 Å². The summed E-state index contributed by atoms with van der Waals surface area (Å²) in [4.78, 5) is 0. The van der Waals surface area contributed by atoms with Gasteiger partial charge in [0.05, 0.1) is 0 Å². The van der Waals surface area contributed by atoms with Gasteiger partial charge in [0.1, 0.15) is 0 Å². The van der Waals surface area contributed by atoms with E-state index >= 15 is 0 Å². The van der Waals surface area contributed by atoms with Gasteiger partial charge in [0.15, 0.2) is 0 Å². The first-order valence-electron chi connectivity index (χ1n) is 3.02. The van der Waals surface area contributed by atoms with Gasteiger partial charge in [-0.1, -0.05) is 6.92 Å². The Morgan fingerprint density at radius 2 is 2.11 bits per heavy atom. The third kappa shape index (κ3) is 4.35. The summed E-state index contributed by atoms with van der Waals surface area (Å²) in [6.45, 7) is 2.49. The maximum atomic E-state index is 8.84. The van der Waals surface area contributed by atoms with Gasteiger partial charge in [-0.3, -0.25) is 5.32 Å². The average molecular weight is 134 g/mol. The zero-order chi connectivity index (χ0) is 7.33. The van der Waals surface area contributed by atoms with Crippen LogP contribution < -0.4 is 11.1 Å². The fourth-order valence-electron chi connectivity index (χ4n) is 0.397. The number of rotatable bonds is 4. The van der Waals surface area contributed by atoms with Crippen molar-refractivity contribution in [2.75, 3.05) is 13.1 Å². The van der Waals surface area contributed by atoms with Gasteiger partial charge in [-0.2, -0.15) is 0 Å². The topological polar surface area (TPSA) is 78.5 Å². The maximum Gasteiger partial charge on any atom is 0.222 e. The van der Waals surface area contributed by atoms with Crippen molar-refractivity contribution in [1.29, 1.82) is 0 Å². The van der Waals surface area contributed by atoms with E-state index in [2.05, 4.69) is 5.32 Å². The molecule has 0 spiro atoms. The van der Waals surface area contributed by atoms with Crippen molar-refractivity contribution in [3.63, 3.8) is 0 Å². The van der Waals surface area contributed by atoms with Crippen molar-refractivity contribution in [2.24, 2.45) is 5.73 Å². The predicted octanol–water partition coefficient (Wildman–Crippen LogP) is -1.42. The summed E-state index contributed by atoms with van der Waals surface area (Å²) >= 11 is 0. The zero-order valence-electron chi connectivity index (χ0n) is 5.59. The molecule has 0 rings (SSSR count). The molecule has 0 amide bonds. The first-order valence-corrected chi connectivity index (χ1v) is 3.02. The molecule has 0 heterocycles. The van der Waals surface area contributed by atoms with Gasteiger partial charge in [0.2, 0.25) is 5.91 Å². The van der Waals surface area contributed by atoms with Crippen LogP contribution in [0.5, 0.6) is 0 Å². The predicted molar refractivity (Wildman–Crippen MR) is 34.5 cm³/mol. The Hall–Kier alpha value is -0.160. The van der Waals surface area contributed by atoms with E-state index in [-0.39, 0.29) is 6.42 Å². The molecule has 0 fully saturated rings. The molecule has 0 atom stereocenters. The van der Waals surface area contributed by atoms with Crippen LogP contribution in [-0.4, -0.2) is 29.2 Å². The molecule has 0 bridgehead atoms. The van der Waals surface area contributed by atoms with Crippen LogP contribution in [0.1, 0.15) is 13.3 Å². The van der Waals surface area contributed by atoms with Crippen molar-refractivity contribution in [2.45, 2.75) is 19.3 Å². The number of nitrogens with one attached hydrogen (secondary N) is 1. The van der Waals surface area contributed by atoms with Crippen LogP contribution in [0, 0.1) is 0 Å². The molecule has 0 radical (unpaired) electrons. The smallest absolute Gasteiger partial charge is 0.222 e. The fraction of sp³-hybridized carbons (Fsp3) is 1.00. The van der Waals surface area contributed by atoms with Crippen LogP contribution in [0.25, 0.3) is 0 Å². The molecule has 4 nitrogen and oxygen atoms in total. The monoisotopic (exact) mass is 134 g/mol. The minimum atomic E-state index is -1.74. The molecule has 0 saturated heterocycles. The van der Waals surface area contributed by atoms with Crippen molar-refractivity contribution >= 4 is 0 Å². The SMILES string of the molecule is CCC(O)(O)NCCN. The largest absolute Gasteiger partial charge is 0.353 e. The molecule has 4 heteroatoms. The van der Waals surface area contributed by atoms with E-state index < -0.39 is 5.91 Å². The average Bonchev–Trinajstić information content (AvgIpc) is 1.84. The van der Waals surface area contributed by atoms with Crippen LogP contribution in [0.15, 0.2) is 0 Å². The van der Waals surface area contributed by atoms with Crippen LogP contribution in [0.3, 0.4) is 0 Å². The summed E-state index contributed by atoms with van der Waals surface area (Å²) in [5.41, 5.74) is 5.11. The molecule has 0 unspecified atom stereocenters. The molecule has 5 N–H and O–H groups in total. The lowest BCUT2D eigenvalue weighted by atomic mass is 10.3. The molecule has 0 aromatic carbocycles. The number of hydrogen-bond acceptors (Lipinski definition) is 4.